The summed E-state index contributed by atoms with van der Waals surface area (Å²) in [5.74, 6) is 1.40. The Bertz CT molecular complexity index is 2950. The fourth-order valence-electron chi connectivity index (χ4n) is 16.7. The molecule has 8 aliphatic carbocycles. The molecule has 2 aromatic heterocycles. The van der Waals surface area contributed by atoms with Gasteiger partial charge in [0.25, 0.3) is 0 Å². The second-order valence-corrected chi connectivity index (χ2v) is 26.5. The van der Waals surface area contributed by atoms with Gasteiger partial charge in [0, 0.05) is 55.3 Å². The van der Waals surface area contributed by atoms with Gasteiger partial charge in [0.1, 0.15) is 12.2 Å². The van der Waals surface area contributed by atoms with E-state index >= 15 is 0 Å². The van der Waals surface area contributed by atoms with Gasteiger partial charge in [-0.15, -0.1) is 0 Å². The number of rotatable bonds is 10. The summed E-state index contributed by atoms with van der Waals surface area (Å²) in [6.45, 7) is 2.85. The Morgan fingerprint density at radius 1 is 0.680 bits per heavy atom. The number of carboxylic acids is 1. The lowest BCUT2D eigenvalue weighted by molar-refractivity contribution is -0.203. The predicted molar refractivity (Wildman–Crippen MR) is 280 cm³/mol. The molecular weight excluding hydrogens is 993 g/mol. The monoisotopic (exact) mass is 1060 g/mol. The molecule has 400 valence electrons. The van der Waals surface area contributed by atoms with Crippen LogP contribution in [0.15, 0.2) is 57.9 Å². The summed E-state index contributed by atoms with van der Waals surface area (Å²) in [5.41, 5.74) is 2.52. The second kappa shape index (κ2) is 16.9. The zero-order chi connectivity index (χ0) is 51.8. The maximum Gasteiger partial charge on any atom is 0.307 e. The van der Waals surface area contributed by atoms with Crippen LogP contribution in [0.25, 0.3) is 0 Å². The summed E-state index contributed by atoms with van der Waals surface area (Å²) in [4.78, 5) is 30.7. The first-order valence-electron chi connectivity index (χ1n) is 27.6. The Hall–Kier alpha value is -4.30. The number of carboxylic acid groups (broad SMARTS) is 1. The van der Waals surface area contributed by atoms with Crippen molar-refractivity contribution in [1.29, 1.82) is 0 Å². The van der Waals surface area contributed by atoms with Crippen molar-refractivity contribution in [2.45, 2.75) is 171 Å². The van der Waals surface area contributed by atoms with Gasteiger partial charge >= 0.3 is 5.97 Å². The molecule has 1 amide bonds. The van der Waals surface area contributed by atoms with Gasteiger partial charge in [-0.25, -0.2) is 0 Å². The molecule has 4 aliphatic heterocycles. The molecule has 14 atom stereocenters. The van der Waals surface area contributed by atoms with Gasteiger partial charge in [0.05, 0.1) is 45.2 Å². The molecular formula is C58H70N4O11S2. The molecule has 15 nitrogen and oxygen atoms in total. The number of aliphatic carboxylic acids is 1. The zero-order valence-electron chi connectivity index (χ0n) is 42.7. The molecule has 4 bridgehead atoms. The van der Waals surface area contributed by atoms with E-state index in [1.807, 2.05) is 48.0 Å². The molecule has 6 unspecified atom stereocenters. The van der Waals surface area contributed by atoms with Gasteiger partial charge in [-0.2, -0.15) is 22.7 Å². The SMILES string of the molecule is CN(C(=O)C1CC1c1ccsc1)[C@H]1CC[C@@]2(O)C3Cc4ccc(O)c5c4[C@@]2(CCN3CC2(O)CC2)[C@H]1O5.CN[C@H]1CC[C@@]2(O)C3Cc4ccc(O)c5c4[C@@]2(CCN3CC2(O)CC2)[C@H]1O5.O=C(O)C1CC1c1ccsc1. The smallest absolute Gasteiger partial charge is 0.307 e. The Balaban J connectivity index is 0.000000118. The van der Waals surface area contributed by atoms with Crippen LogP contribution in [-0.4, -0.2) is 161 Å². The first-order valence-corrected chi connectivity index (χ1v) is 29.5. The molecule has 8 N–H and O–H groups in total. The minimum absolute atomic E-state index is 0.00545. The Kier molecular flexibility index (Phi) is 11.0. The van der Waals surface area contributed by atoms with E-state index in [1.54, 1.807) is 34.8 Å². The number of piperidine rings is 2. The van der Waals surface area contributed by atoms with Crippen molar-refractivity contribution in [2.24, 2.45) is 11.8 Å². The molecule has 0 radical (unpaired) electrons. The van der Waals surface area contributed by atoms with Crippen molar-refractivity contribution in [3.05, 3.63) is 91.3 Å². The number of hydrogen-bond acceptors (Lipinski definition) is 15. The van der Waals surface area contributed by atoms with Crippen LogP contribution >= 0.6 is 22.7 Å². The van der Waals surface area contributed by atoms with Crippen LogP contribution in [0.4, 0.5) is 0 Å². The molecule has 2 spiro atoms. The molecule has 2 saturated heterocycles. The van der Waals surface area contributed by atoms with E-state index in [-0.39, 0.29) is 59.5 Å². The van der Waals surface area contributed by atoms with Gasteiger partial charge < -0.3 is 55.4 Å². The van der Waals surface area contributed by atoms with E-state index in [0.29, 0.717) is 68.5 Å². The van der Waals surface area contributed by atoms with Crippen molar-refractivity contribution in [2.75, 3.05) is 40.3 Å². The topological polar surface area (TPSA) is 216 Å². The number of β-amino-alcohol motifs (C(OH)–C–C–N with tert-alkyl or cyclic N) is 2. The number of nitrogens with one attached hydrogen (secondary N) is 1. The van der Waals surface area contributed by atoms with Crippen LogP contribution in [0.1, 0.15) is 122 Å². The summed E-state index contributed by atoms with van der Waals surface area (Å²) in [6.07, 6.45) is 10.2. The fraction of sp³-hybridized carbons (Fsp3) is 0.621. The highest BCUT2D eigenvalue weighted by atomic mass is 32.1. The number of carbonyl (C=O) groups excluding carboxylic acids is 1. The number of aliphatic hydroxyl groups is 4. The highest BCUT2D eigenvalue weighted by Gasteiger charge is 2.75. The van der Waals surface area contributed by atoms with Gasteiger partial charge in [-0.1, -0.05) is 12.1 Å². The molecule has 2 aromatic carbocycles. The number of nitrogens with zero attached hydrogens (tertiary/aromatic N) is 3. The van der Waals surface area contributed by atoms with E-state index in [1.165, 1.54) is 16.7 Å². The number of likely N-dealkylation sites (tertiary alicyclic amines) is 2. The number of amides is 1. The third kappa shape index (κ3) is 7.13. The van der Waals surface area contributed by atoms with E-state index in [9.17, 15) is 40.2 Å². The van der Waals surface area contributed by atoms with Crippen LogP contribution in [-0.2, 0) is 33.3 Å². The van der Waals surface area contributed by atoms with Crippen molar-refractivity contribution in [3.8, 4) is 23.0 Å². The van der Waals surface area contributed by atoms with E-state index in [0.717, 1.165) is 87.6 Å². The van der Waals surface area contributed by atoms with E-state index in [4.69, 9.17) is 14.6 Å². The van der Waals surface area contributed by atoms with Crippen LogP contribution in [0, 0.1) is 11.8 Å². The molecule has 75 heavy (non-hydrogen) atoms. The maximum absolute atomic E-state index is 13.7. The fourth-order valence-corrected chi connectivity index (χ4v) is 18.2. The van der Waals surface area contributed by atoms with Crippen LogP contribution in [0.5, 0.6) is 23.0 Å². The summed E-state index contributed by atoms with van der Waals surface area (Å²) in [6, 6.07) is 11.4. The van der Waals surface area contributed by atoms with Crippen LogP contribution < -0.4 is 14.8 Å². The van der Waals surface area contributed by atoms with Gasteiger partial charge in [0.15, 0.2) is 23.0 Å². The average molecular weight is 1060 g/mol. The molecule has 12 aliphatic rings. The van der Waals surface area contributed by atoms with Crippen molar-refractivity contribution in [1.82, 2.24) is 20.0 Å². The normalized spacial score (nSPS) is 39.4. The third-order valence-electron chi connectivity index (χ3n) is 21.1. The molecule has 6 saturated carbocycles. The van der Waals surface area contributed by atoms with Crippen molar-refractivity contribution < 1.29 is 54.8 Å². The van der Waals surface area contributed by atoms with Crippen LogP contribution in [0.2, 0.25) is 0 Å². The van der Waals surface area contributed by atoms with E-state index < -0.39 is 45.3 Å². The summed E-state index contributed by atoms with van der Waals surface area (Å²) in [5, 5.41) is 87.7. The number of carbonyl (C=O) groups is 2. The largest absolute Gasteiger partial charge is 0.504 e. The second-order valence-electron chi connectivity index (χ2n) is 24.9. The number of thiophene rings is 2. The number of hydrogen-bond donors (Lipinski definition) is 8. The zero-order valence-corrected chi connectivity index (χ0v) is 44.3. The maximum atomic E-state index is 13.7. The van der Waals surface area contributed by atoms with Gasteiger partial charge in [0.2, 0.25) is 5.91 Å². The van der Waals surface area contributed by atoms with Crippen molar-refractivity contribution in [3.63, 3.8) is 0 Å². The number of phenolic OH excluding ortho intramolecular Hbond substituents is 2. The van der Waals surface area contributed by atoms with E-state index in [2.05, 4.69) is 31.9 Å². The lowest BCUT2D eigenvalue weighted by Crippen LogP contribution is -2.78. The standard InChI is InChI=1S/C29H34N2O5S.C21H28N2O4.C8H8O2S/c1-30(26(33)19-13-18(19)17-5-11-37-14-17)20-4-6-29(35)22-12-16-2-3-21(32)24-23(16)28(29,25(20)36-24)9-10-31(22)15-27(34)7-8-27;1-22-13-4-5-21(26)15-10-12-2-3-14(24)17-16(12)20(21,18(13)27-17)8-9-23(15)11-19(25)6-7-19;9-8(10)7-3-6(7)5-1-2-11-4-5/h2-3,5,11,14,18-20,22,25,32,34-35H,4,6-10,12-13,15H2,1H3;2-3,13,15,18,22,24-26H,4-11H2,1H3;1-2,4,6-7H,3H2,(H,9,10)/t18?,19?,20-,22?,25-,28-,29+;13-,15?,18-,20-,21+;/m00./s1. The Morgan fingerprint density at radius 3 is 1.65 bits per heavy atom. The van der Waals surface area contributed by atoms with Gasteiger partial charge in [-0.05, 0) is 190 Å². The van der Waals surface area contributed by atoms with Crippen LogP contribution in [0.3, 0.4) is 0 Å². The summed E-state index contributed by atoms with van der Waals surface area (Å²) >= 11 is 3.30. The minimum Gasteiger partial charge on any atom is -0.504 e. The number of ether oxygens (including phenoxy) is 2. The first kappa shape index (κ1) is 49.0. The Labute approximate surface area is 445 Å². The number of benzene rings is 2. The number of phenols is 2. The number of likely N-dealkylation sites (N-methyl/N-ethyl adjacent to an activating group) is 2. The summed E-state index contributed by atoms with van der Waals surface area (Å²) < 4.78 is 13.0. The van der Waals surface area contributed by atoms with Crippen molar-refractivity contribution >= 4 is 34.6 Å². The molecule has 4 aromatic rings. The first-order chi connectivity index (χ1) is 36.0. The minimum atomic E-state index is -1.04. The average Bonchev–Trinajstić information content (AvgIpc) is 4.46. The van der Waals surface area contributed by atoms with Gasteiger partial charge in [-0.3, -0.25) is 19.4 Å². The molecule has 8 fully saturated rings. The third-order valence-corrected chi connectivity index (χ3v) is 22.5. The summed E-state index contributed by atoms with van der Waals surface area (Å²) in [7, 11) is 3.86. The molecule has 6 heterocycles. The predicted octanol–water partition coefficient (Wildman–Crippen LogP) is 5.36. The Morgan fingerprint density at radius 2 is 1.17 bits per heavy atom. The lowest BCUT2D eigenvalue weighted by Gasteiger charge is -2.64. The lowest BCUT2D eigenvalue weighted by atomic mass is 9.48. The highest BCUT2D eigenvalue weighted by Crippen LogP contribution is 2.68. The number of aromatic hydroxyl groups is 2. The quantitative estimate of drug-likeness (QED) is 0.101. The highest BCUT2D eigenvalue weighted by molar-refractivity contribution is 7.08. The molecule has 17 heteroatoms. The molecule has 16 rings (SSSR count).